The molecule has 2 aromatic carbocycles. The molecule has 0 saturated carbocycles. The fourth-order valence-electron chi connectivity index (χ4n) is 3.27. The number of nitrogens with one attached hydrogen (secondary N) is 1. The molecule has 0 spiro atoms. The number of anilines is 3. The number of nitrogens with two attached hydrogens (primary N) is 1. The average molecular weight is 432 g/mol. The summed E-state index contributed by atoms with van der Waals surface area (Å²) >= 11 is 5.85. The maximum absolute atomic E-state index is 13.6. The second-order valence-corrected chi connectivity index (χ2v) is 7.46. The molecule has 30 heavy (non-hydrogen) atoms. The zero-order valence-electron chi connectivity index (χ0n) is 16.4. The van der Waals surface area contributed by atoms with Crippen LogP contribution in [0.15, 0.2) is 36.5 Å². The van der Waals surface area contributed by atoms with Crippen molar-refractivity contribution in [3.63, 3.8) is 0 Å². The molecular weight excluding hydrogens is 409 g/mol. The Morgan fingerprint density at radius 3 is 2.87 bits per heavy atom. The van der Waals surface area contributed by atoms with Crippen LogP contribution in [0.25, 0.3) is 10.9 Å². The number of hydrogen-bond acceptors (Lipinski definition) is 7. The molecule has 4 rings (SSSR count). The van der Waals surface area contributed by atoms with Crippen molar-refractivity contribution in [2.75, 3.05) is 50.5 Å². The summed E-state index contributed by atoms with van der Waals surface area (Å²) in [6.45, 7) is 5.20. The molecule has 0 atom stereocenters. The molecule has 0 amide bonds. The predicted octanol–water partition coefficient (Wildman–Crippen LogP) is 3.85. The summed E-state index contributed by atoms with van der Waals surface area (Å²) in [5.74, 6) is 0.467. The number of aromatic nitrogens is 2. The highest BCUT2D eigenvalue weighted by Gasteiger charge is 2.10. The lowest BCUT2D eigenvalue weighted by molar-refractivity contribution is 0.0358. The number of nitrogen functional groups attached to an aromatic ring is 1. The van der Waals surface area contributed by atoms with E-state index >= 15 is 0 Å². The van der Waals surface area contributed by atoms with Crippen molar-refractivity contribution < 1.29 is 13.9 Å². The van der Waals surface area contributed by atoms with Gasteiger partial charge in [0.1, 0.15) is 5.75 Å². The van der Waals surface area contributed by atoms with Gasteiger partial charge < -0.3 is 20.5 Å². The third kappa shape index (κ3) is 5.08. The van der Waals surface area contributed by atoms with E-state index in [4.69, 9.17) is 26.8 Å². The summed E-state index contributed by atoms with van der Waals surface area (Å²) in [5.41, 5.74) is 6.83. The van der Waals surface area contributed by atoms with Gasteiger partial charge in [-0.2, -0.15) is 0 Å². The number of hydrogen-bond donors (Lipinski definition) is 2. The highest BCUT2D eigenvalue weighted by molar-refractivity contribution is 6.31. The lowest BCUT2D eigenvalue weighted by Crippen LogP contribution is -2.37. The number of nitrogens with zero attached hydrogens (tertiary/aromatic N) is 3. The van der Waals surface area contributed by atoms with E-state index in [9.17, 15) is 4.39 Å². The summed E-state index contributed by atoms with van der Waals surface area (Å²) < 4.78 is 24.9. The van der Waals surface area contributed by atoms with Gasteiger partial charge in [0.2, 0.25) is 5.95 Å². The van der Waals surface area contributed by atoms with Gasteiger partial charge in [0.05, 0.1) is 36.0 Å². The van der Waals surface area contributed by atoms with Crippen LogP contribution >= 0.6 is 11.6 Å². The molecule has 1 aliphatic rings. The summed E-state index contributed by atoms with van der Waals surface area (Å²) in [5, 5.41) is 3.83. The third-order valence-electron chi connectivity index (χ3n) is 4.86. The van der Waals surface area contributed by atoms with E-state index in [2.05, 4.69) is 20.2 Å². The molecule has 1 aromatic heterocycles. The van der Waals surface area contributed by atoms with Crippen LogP contribution in [0.2, 0.25) is 5.02 Å². The Kier molecular flexibility index (Phi) is 6.47. The second-order valence-electron chi connectivity index (χ2n) is 7.06. The van der Waals surface area contributed by atoms with Gasteiger partial charge in [0, 0.05) is 43.0 Å². The minimum atomic E-state index is -0.642. The maximum Gasteiger partial charge on any atom is 0.227 e. The van der Waals surface area contributed by atoms with Crippen molar-refractivity contribution in [3.8, 4) is 5.75 Å². The highest BCUT2D eigenvalue weighted by Crippen LogP contribution is 2.27. The van der Waals surface area contributed by atoms with Gasteiger partial charge in [-0.15, -0.1) is 0 Å². The Labute approximate surface area is 179 Å². The van der Waals surface area contributed by atoms with E-state index in [1.54, 1.807) is 6.20 Å². The SMILES string of the molecule is Nc1cc(Nc2ncc3ccc(OCCCN4CCOCC4)cc3n2)cc(Cl)c1F. The number of fused-ring (bicyclic) bond motifs is 1. The van der Waals surface area contributed by atoms with E-state index in [1.165, 1.54) is 12.1 Å². The molecule has 7 nitrogen and oxygen atoms in total. The fraction of sp³-hybridized carbons (Fsp3) is 0.333. The van der Waals surface area contributed by atoms with Crippen molar-refractivity contribution in [2.24, 2.45) is 0 Å². The molecule has 3 N–H and O–H groups in total. The lowest BCUT2D eigenvalue weighted by atomic mass is 10.2. The van der Waals surface area contributed by atoms with Crippen LogP contribution in [0.1, 0.15) is 6.42 Å². The normalized spacial score (nSPS) is 14.7. The highest BCUT2D eigenvalue weighted by atomic mass is 35.5. The molecule has 3 aromatic rings. The van der Waals surface area contributed by atoms with Gasteiger partial charge in [0.25, 0.3) is 0 Å². The Bertz CT molecular complexity index is 1010. The Hall–Kier alpha value is -2.68. The first-order valence-electron chi connectivity index (χ1n) is 9.80. The Morgan fingerprint density at radius 2 is 2.07 bits per heavy atom. The minimum absolute atomic E-state index is 0.0430. The van der Waals surface area contributed by atoms with Crippen molar-refractivity contribution in [1.82, 2.24) is 14.9 Å². The molecule has 1 fully saturated rings. The van der Waals surface area contributed by atoms with Crippen molar-refractivity contribution >= 4 is 39.8 Å². The standard InChI is InChI=1S/C21H23ClFN5O2/c22-17-10-15(11-18(24)20(17)23)26-21-25-13-14-2-3-16(12-19(14)27-21)30-7-1-4-28-5-8-29-9-6-28/h2-3,10-13H,1,4-9,24H2,(H,25,26,27). The average Bonchev–Trinajstić information content (AvgIpc) is 2.75. The predicted molar refractivity (Wildman–Crippen MR) is 116 cm³/mol. The summed E-state index contributed by atoms with van der Waals surface area (Å²) in [7, 11) is 0. The molecule has 1 saturated heterocycles. The molecule has 0 aliphatic carbocycles. The van der Waals surface area contributed by atoms with Crippen molar-refractivity contribution in [1.29, 1.82) is 0 Å². The molecule has 0 radical (unpaired) electrons. The lowest BCUT2D eigenvalue weighted by Gasteiger charge is -2.26. The molecule has 158 valence electrons. The molecule has 0 bridgehead atoms. The topological polar surface area (TPSA) is 85.5 Å². The van der Waals surface area contributed by atoms with Gasteiger partial charge in [-0.25, -0.2) is 14.4 Å². The second kappa shape index (κ2) is 9.42. The van der Waals surface area contributed by atoms with Gasteiger partial charge >= 0.3 is 0 Å². The molecule has 2 heterocycles. The monoisotopic (exact) mass is 431 g/mol. The van der Waals surface area contributed by atoms with E-state index in [-0.39, 0.29) is 10.7 Å². The number of morpholine rings is 1. The van der Waals surface area contributed by atoms with Crippen LogP contribution in [0.3, 0.4) is 0 Å². The van der Waals surface area contributed by atoms with Crippen LogP contribution in [0.5, 0.6) is 5.75 Å². The molecular formula is C21H23ClFN5O2. The first-order valence-corrected chi connectivity index (χ1v) is 10.2. The van der Waals surface area contributed by atoms with Crippen LogP contribution < -0.4 is 15.8 Å². The van der Waals surface area contributed by atoms with Crippen LogP contribution in [-0.2, 0) is 4.74 Å². The summed E-state index contributed by atoms with van der Waals surface area (Å²) in [6, 6.07) is 8.59. The van der Waals surface area contributed by atoms with E-state index < -0.39 is 5.82 Å². The fourth-order valence-corrected chi connectivity index (χ4v) is 3.49. The van der Waals surface area contributed by atoms with Gasteiger partial charge in [-0.3, -0.25) is 4.90 Å². The Balaban J connectivity index is 1.39. The summed E-state index contributed by atoms with van der Waals surface area (Å²) in [6.07, 6.45) is 2.66. The van der Waals surface area contributed by atoms with Crippen molar-refractivity contribution in [3.05, 3.63) is 47.4 Å². The zero-order valence-corrected chi connectivity index (χ0v) is 17.2. The van der Waals surface area contributed by atoms with Gasteiger partial charge in [-0.1, -0.05) is 11.6 Å². The Morgan fingerprint density at radius 1 is 1.23 bits per heavy atom. The van der Waals surface area contributed by atoms with Gasteiger partial charge in [-0.05, 0) is 30.7 Å². The first-order chi connectivity index (χ1) is 14.6. The number of ether oxygens (including phenoxy) is 2. The molecule has 0 unspecified atom stereocenters. The van der Waals surface area contributed by atoms with E-state index in [0.717, 1.165) is 55.9 Å². The molecule has 9 heteroatoms. The van der Waals surface area contributed by atoms with Crippen LogP contribution in [-0.4, -0.2) is 54.3 Å². The largest absolute Gasteiger partial charge is 0.493 e. The first kappa shape index (κ1) is 20.6. The number of benzene rings is 2. The van der Waals surface area contributed by atoms with Crippen molar-refractivity contribution in [2.45, 2.75) is 6.42 Å². The quantitative estimate of drug-likeness (QED) is 0.434. The van der Waals surface area contributed by atoms with Crippen LogP contribution in [0, 0.1) is 5.82 Å². The van der Waals surface area contributed by atoms with E-state index in [1.807, 2.05) is 18.2 Å². The number of rotatable bonds is 7. The minimum Gasteiger partial charge on any atom is -0.493 e. The van der Waals surface area contributed by atoms with Crippen LogP contribution in [0.4, 0.5) is 21.7 Å². The third-order valence-corrected chi connectivity index (χ3v) is 5.13. The van der Waals surface area contributed by atoms with E-state index in [0.29, 0.717) is 18.2 Å². The summed E-state index contributed by atoms with van der Waals surface area (Å²) in [4.78, 5) is 11.2. The smallest absolute Gasteiger partial charge is 0.227 e. The maximum atomic E-state index is 13.6. The molecule has 1 aliphatic heterocycles. The zero-order chi connectivity index (χ0) is 20.9. The van der Waals surface area contributed by atoms with Gasteiger partial charge in [0.15, 0.2) is 5.82 Å². The number of halogens is 2.